The van der Waals surface area contributed by atoms with E-state index in [4.69, 9.17) is 16.6 Å². The highest BCUT2D eigenvalue weighted by atomic mass is 35.5. The fourth-order valence-corrected chi connectivity index (χ4v) is 6.22. The Labute approximate surface area is 193 Å². The summed E-state index contributed by atoms with van der Waals surface area (Å²) in [6, 6.07) is 8.06. The molecule has 0 radical (unpaired) electrons. The summed E-state index contributed by atoms with van der Waals surface area (Å²) in [5, 5.41) is 10.9. The second-order valence-electron chi connectivity index (χ2n) is 8.45. The fourth-order valence-electron chi connectivity index (χ4n) is 4.59. The van der Waals surface area contributed by atoms with Gasteiger partial charge >= 0.3 is 5.97 Å². The van der Waals surface area contributed by atoms with Crippen molar-refractivity contribution in [1.29, 1.82) is 0 Å². The normalized spacial score (nSPS) is 18.4. The zero-order valence-electron chi connectivity index (χ0n) is 17.5. The molecule has 164 valence electrons. The lowest BCUT2D eigenvalue weighted by molar-refractivity contribution is -0.142. The quantitative estimate of drug-likeness (QED) is 0.557. The van der Waals surface area contributed by atoms with Gasteiger partial charge < -0.3 is 5.11 Å². The number of rotatable bonds is 4. The van der Waals surface area contributed by atoms with E-state index >= 15 is 0 Å². The summed E-state index contributed by atoms with van der Waals surface area (Å²) in [5.41, 5.74) is 4.52. The molecule has 0 bridgehead atoms. The van der Waals surface area contributed by atoms with Gasteiger partial charge in [0.15, 0.2) is 0 Å². The summed E-state index contributed by atoms with van der Waals surface area (Å²) < 4.78 is 0. The Hall–Kier alpha value is -2.77. The number of carbonyl (C=O) groups excluding carboxylic acids is 2. The number of aryl methyl sites for hydroxylation is 2. The molecule has 1 unspecified atom stereocenters. The van der Waals surface area contributed by atoms with Crippen molar-refractivity contribution in [3.63, 3.8) is 0 Å². The third-order valence-electron chi connectivity index (χ3n) is 6.36. The van der Waals surface area contributed by atoms with Gasteiger partial charge in [-0.05, 0) is 37.3 Å². The van der Waals surface area contributed by atoms with Gasteiger partial charge in [0.1, 0.15) is 4.83 Å². The lowest BCUT2D eigenvalue weighted by Gasteiger charge is -2.20. The number of hydrogen-bond donors (Lipinski definition) is 1. The Kier molecular flexibility index (Phi) is 5.26. The number of amides is 2. The number of fused-ring (bicyclic) bond motifs is 3. The minimum Gasteiger partial charge on any atom is -0.481 e. The number of imide groups is 1. The maximum atomic E-state index is 12.2. The molecule has 32 heavy (non-hydrogen) atoms. The van der Waals surface area contributed by atoms with Crippen LogP contribution in [0.5, 0.6) is 0 Å². The molecule has 1 fully saturated rings. The lowest BCUT2D eigenvalue weighted by atomic mass is 9.86. The van der Waals surface area contributed by atoms with Gasteiger partial charge in [0.2, 0.25) is 11.8 Å². The minimum absolute atomic E-state index is 0.0472. The molecule has 1 saturated heterocycles. The van der Waals surface area contributed by atoms with E-state index in [0.29, 0.717) is 30.0 Å². The van der Waals surface area contributed by atoms with Crippen molar-refractivity contribution in [3.05, 3.63) is 51.0 Å². The molecule has 3 heterocycles. The number of nitrogens with zero attached hydrogens (tertiary/aromatic N) is 2. The highest BCUT2D eigenvalue weighted by Crippen LogP contribution is 2.45. The number of carboxylic acids is 1. The number of pyridine rings is 1. The molecule has 1 aliphatic heterocycles. The highest BCUT2D eigenvalue weighted by Gasteiger charge is 2.33. The molecular weight excluding hydrogens is 448 g/mol. The van der Waals surface area contributed by atoms with Crippen molar-refractivity contribution in [2.75, 3.05) is 0 Å². The number of aliphatic carboxylic acids is 1. The zero-order chi connectivity index (χ0) is 22.6. The van der Waals surface area contributed by atoms with Crippen LogP contribution in [-0.4, -0.2) is 32.8 Å². The van der Waals surface area contributed by atoms with Crippen molar-refractivity contribution >= 4 is 50.9 Å². The molecule has 3 aromatic rings. The van der Waals surface area contributed by atoms with E-state index in [2.05, 4.69) is 0 Å². The summed E-state index contributed by atoms with van der Waals surface area (Å²) in [6.07, 6.45) is 2.15. The van der Waals surface area contributed by atoms with Crippen molar-refractivity contribution in [2.45, 2.75) is 45.6 Å². The summed E-state index contributed by atoms with van der Waals surface area (Å²) in [6.45, 7) is 2.06. The van der Waals surface area contributed by atoms with Crippen LogP contribution in [0.15, 0.2) is 24.3 Å². The smallest absolute Gasteiger partial charge is 0.306 e. The van der Waals surface area contributed by atoms with Crippen molar-refractivity contribution < 1.29 is 19.5 Å². The van der Waals surface area contributed by atoms with Gasteiger partial charge in [-0.15, -0.1) is 11.3 Å². The number of carboxylic acid groups (broad SMARTS) is 1. The standard InChI is InChI=1S/C24H21ClN2O4S/c1-12-2-4-13(5-3-12)20-21-15-7-6-14(24(30)31)10-17(15)32-23(21)26-16(22(20)25)11-27-18(28)8-9-19(27)29/h2-5,14H,6-11H2,1H3,(H,30,31). The molecular formula is C24H21ClN2O4S. The topological polar surface area (TPSA) is 87.6 Å². The summed E-state index contributed by atoms with van der Waals surface area (Å²) in [7, 11) is 0. The van der Waals surface area contributed by atoms with Gasteiger partial charge in [-0.3, -0.25) is 19.3 Å². The van der Waals surface area contributed by atoms with Crippen LogP contribution >= 0.6 is 22.9 Å². The van der Waals surface area contributed by atoms with Crippen LogP contribution in [0.4, 0.5) is 0 Å². The SMILES string of the molecule is Cc1ccc(-c2c(Cl)c(CN3C(=O)CCC3=O)nc3sc4c(c23)CCC(C(=O)O)C4)cc1. The monoisotopic (exact) mass is 468 g/mol. The molecule has 2 aromatic heterocycles. The van der Waals surface area contributed by atoms with E-state index in [9.17, 15) is 19.5 Å². The largest absolute Gasteiger partial charge is 0.481 e. The number of carbonyl (C=O) groups is 3. The van der Waals surface area contributed by atoms with E-state index in [1.807, 2.05) is 31.2 Å². The zero-order valence-corrected chi connectivity index (χ0v) is 19.1. The molecule has 8 heteroatoms. The van der Waals surface area contributed by atoms with Crippen LogP contribution in [0.1, 0.15) is 41.0 Å². The molecule has 5 rings (SSSR count). The van der Waals surface area contributed by atoms with Gasteiger partial charge in [-0.1, -0.05) is 41.4 Å². The summed E-state index contributed by atoms with van der Waals surface area (Å²) in [5.74, 6) is -1.59. The second kappa shape index (κ2) is 7.98. The van der Waals surface area contributed by atoms with Crippen LogP contribution in [0, 0.1) is 12.8 Å². The first kappa shape index (κ1) is 21.1. The molecule has 6 nitrogen and oxygen atoms in total. The number of thiophene rings is 1. The van der Waals surface area contributed by atoms with E-state index < -0.39 is 11.9 Å². The van der Waals surface area contributed by atoms with Crippen LogP contribution in [0.3, 0.4) is 0 Å². The Morgan fingerprint density at radius 3 is 2.53 bits per heavy atom. The first-order chi connectivity index (χ1) is 15.3. The van der Waals surface area contributed by atoms with Gasteiger partial charge in [-0.25, -0.2) is 4.98 Å². The maximum absolute atomic E-state index is 12.2. The Bertz CT molecular complexity index is 1270. The molecule has 2 aliphatic rings. The van der Waals surface area contributed by atoms with Crippen LogP contribution in [-0.2, 0) is 33.8 Å². The Morgan fingerprint density at radius 1 is 1.19 bits per heavy atom. The predicted molar refractivity (Wildman–Crippen MR) is 123 cm³/mol. The third-order valence-corrected chi connectivity index (χ3v) is 7.91. The maximum Gasteiger partial charge on any atom is 0.306 e. The molecule has 1 N–H and O–H groups in total. The average molecular weight is 469 g/mol. The van der Waals surface area contributed by atoms with Crippen molar-refractivity contribution in [3.8, 4) is 11.1 Å². The van der Waals surface area contributed by atoms with Crippen LogP contribution in [0.25, 0.3) is 21.3 Å². The molecule has 1 atom stereocenters. The number of benzene rings is 1. The van der Waals surface area contributed by atoms with E-state index in [0.717, 1.165) is 37.3 Å². The average Bonchev–Trinajstić information content (AvgIpc) is 3.28. The summed E-state index contributed by atoms with van der Waals surface area (Å²) in [4.78, 5) is 43.8. The first-order valence-corrected chi connectivity index (χ1v) is 11.8. The first-order valence-electron chi connectivity index (χ1n) is 10.6. The Balaban J connectivity index is 1.70. The molecule has 2 amide bonds. The van der Waals surface area contributed by atoms with Gasteiger partial charge in [0.05, 0.1) is 23.2 Å². The predicted octanol–water partition coefficient (Wildman–Crippen LogP) is 4.76. The third kappa shape index (κ3) is 3.49. The van der Waals surface area contributed by atoms with E-state index in [1.165, 1.54) is 16.2 Å². The minimum atomic E-state index is -0.774. The molecule has 0 saturated carbocycles. The van der Waals surface area contributed by atoms with Gasteiger partial charge in [-0.2, -0.15) is 0 Å². The summed E-state index contributed by atoms with van der Waals surface area (Å²) >= 11 is 8.41. The van der Waals surface area contributed by atoms with E-state index in [1.54, 1.807) is 0 Å². The van der Waals surface area contributed by atoms with Crippen LogP contribution < -0.4 is 0 Å². The Morgan fingerprint density at radius 2 is 1.88 bits per heavy atom. The lowest BCUT2D eigenvalue weighted by Crippen LogP contribution is -2.29. The number of halogens is 1. The van der Waals surface area contributed by atoms with Crippen molar-refractivity contribution in [2.24, 2.45) is 5.92 Å². The molecule has 0 spiro atoms. The van der Waals surface area contributed by atoms with E-state index in [-0.39, 0.29) is 31.2 Å². The van der Waals surface area contributed by atoms with Crippen LogP contribution in [0.2, 0.25) is 5.02 Å². The number of likely N-dealkylation sites (tertiary alicyclic amines) is 1. The number of aromatic nitrogens is 1. The van der Waals surface area contributed by atoms with Crippen molar-refractivity contribution in [1.82, 2.24) is 9.88 Å². The number of hydrogen-bond acceptors (Lipinski definition) is 5. The molecule has 1 aliphatic carbocycles. The van der Waals surface area contributed by atoms with Gasteiger partial charge in [0.25, 0.3) is 0 Å². The fraction of sp³-hybridized carbons (Fsp3) is 0.333. The van der Waals surface area contributed by atoms with Gasteiger partial charge in [0, 0.05) is 28.7 Å². The second-order valence-corrected chi connectivity index (χ2v) is 9.91. The molecule has 1 aromatic carbocycles. The highest BCUT2D eigenvalue weighted by molar-refractivity contribution is 7.19.